The second-order valence-electron chi connectivity index (χ2n) is 9.82. The van der Waals surface area contributed by atoms with Crippen LogP contribution in [0.1, 0.15) is 39.5 Å². The van der Waals surface area contributed by atoms with Crippen molar-refractivity contribution in [2.45, 2.75) is 39.5 Å². The minimum absolute atomic E-state index is 0.00338. The molecular formula is C30H51NO12. The molecule has 43 heavy (non-hydrogen) atoms. The van der Waals surface area contributed by atoms with Crippen LogP contribution in [-0.4, -0.2) is 141 Å². The Balaban J connectivity index is 1.68. The van der Waals surface area contributed by atoms with Crippen molar-refractivity contribution in [2.75, 3.05) is 112 Å². The molecule has 13 nitrogen and oxygen atoms in total. The highest BCUT2D eigenvalue weighted by Crippen LogP contribution is 2.06. The minimum Gasteiger partial charge on any atom is -0.379 e. The molecule has 0 aromatic carbocycles. The highest BCUT2D eigenvalue weighted by molar-refractivity contribution is 6.13. The van der Waals surface area contributed by atoms with Crippen molar-refractivity contribution in [1.82, 2.24) is 4.90 Å². The Morgan fingerprint density at radius 1 is 0.535 bits per heavy atom. The van der Waals surface area contributed by atoms with E-state index in [1.807, 2.05) is 13.8 Å². The smallest absolute Gasteiger partial charge is 0.253 e. The van der Waals surface area contributed by atoms with Crippen molar-refractivity contribution < 1.29 is 57.1 Å². The predicted octanol–water partition coefficient (Wildman–Crippen LogP) is 1.40. The zero-order valence-electron chi connectivity index (χ0n) is 25.9. The van der Waals surface area contributed by atoms with Crippen molar-refractivity contribution in [1.29, 1.82) is 0 Å². The van der Waals surface area contributed by atoms with Crippen molar-refractivity contribution >= 4 is 23.4 Å². The van der Waals surface area contributed by atoms with E-state index >= 15 is 0 Å². The van der Waals surface area contributed by atoms with Gasteiger partial charge in [0, 0.05) is 50.5 Å². The Kier molecular flexibility index (Phi) is 24.8. The number of hydrogen-bond donors (Lipinski definition) is 0. The molecule has 0 atom stereocenters. The molecule has 0 saturated carbocycles. The number of carbonyl (C=O) groups excluding carboxylic acids is 4. The van der Waals surface area contributed by atoms with E-state index in [1.54, 1.807) is 0 Å². The molecule has 1 heterocycles. The first-order valence-corrected chi connectivity index (χ1v) is 15.1. The molecule has 0 fully saturated rings. The zero-order chi connectivity index (χ0) is 31.4. The molecule has 13 heteroatoms. The lowest BCUT2D eigenvalue weighted by atomic mass is 10.1. The first-order chi connectivity index (χ1) is 20.9. The third kappa shape index (κ3) is 23.0. The summed E-state index contributed by atoms with van der Waals surface area (Å²) in [5.41, 5.74) is 0. The Bertz CT molecular complexity index is 771. The Morgan fingerprint density at radius 2 is 0.884 bits per heavy atom. The lowest BCUT2D eigenvalue weighted by Gasteiger charge is -2.12. The van der Waals surface area contributed by atoms with E-state index in [9.17, 15) is 19.2 Å². The third-order valence-electron chi connectivity index (χ3n) is 6.00. The monoisotopic (exact) mass is 617 g/mol. The Labute approximate surface area is 255 Å². The maximum atomic E-state index is 11.9. The van der Waals surface area contributed by atoms with Gasteiger partial charge in [0.15, 0.2) is 0 Å². The van der Waals surface area contributed by atoms with Crippen LogP contribution in [0.5, 0.6) is 0 Å². The van der Waals surface area contributed by atoms with Gasteiger partial charge in [-0.2, -0.15) is 0 Å². The van der Waals surface area contributed by atoms with E-state index in [-0.39, 0.29) is 42.3 Å². The normalized spacial score (nSPS) is 13.1. The lowest BCUT2D eigenvalue weighted by Crippen LogP contribution is -2.32. The van der Waals surface area contributed by atoms with Crippen LogP contribution in [0.2, 0.25) is 0 Å². The summed E-state index contributed by atoms with van der Waals surface area (Å²) in [6.07, 6.45) is 3.96. The second-order valence-corrected chi connectivity index (χ2v) is 9.82. The average molecular weight is 618 g/mol. The highest BCUT2D eigenvalue weighted by Gasteiger charge is 2.23. The summed E-state index contributed by atoms with van der Waals surface area (Å²) in [5, 5.41) is 0. The number of nitrogens with zero attached hydrogens (tertiary/aromatic N) is 1. The second kappa shape index (κ2) is 27.4. The lowest BCUT2D eigenvalue weighted by molar-refractivity contribution is -0.137. The van der Waals surface area contributed by atoms with Crippen LogP contribution in [0.4, 0.5) is 0 Å². The molecule has 1 rings (SSSR count). The molecule has 1 aliphatic rings. The quantitative estimate of drug-likeness (QED) is 0.0794. The summed E-state index contributed by atoms with van der Waals surface area (Å²) in [6.45, 7) is 11.3. The van der Waals surface area contributed by atoms with Crippen LogP contribution in [0.25, 0.3) is 0 Å². The van der Waals surface area contributed by atoms with Gasteiger partial charge in [-0.3, -0.25) is 24.1 Å². The van der Waals surface area contributed by atoms with Crippen LogP contribution >= 0.6 is 0 Å². The summed E-state index contributed by atoms with van der Waals surface area (Å²) >= 11 is 0. The highest BCUT2D eigenvalue weighted by atomic mass is 16.6. The molecule has 1 aliphatic heterocycles. The number of rotatable bonds is 32. The van der Waals surface area contributed by atoms with Crippen LogP contribution < -0.4 is 0 Å². The van der Waals surface area contributed by atoms with Gasteiger partial charge >= 0.3 is 0 Å². The summed E-state index contributed by atoms with van der Waals surface area (Å²) in [4.78, 5) is 47.3. The molecule has 0 aromatic rings. The van der Waals surface area contributed by atoms with Gasteiger partial charge in [0.1, 0.15) is 11.6 Å². The Hall–Kier alpha value is -2.10. The molecule has 0 aliphatic carbocycles. The summed E-state index contributed by atoms with van der Waals surface area (Å²) < 4.78 is 43.4. The number of ketones is 2. The van der Waals surface area contributed by atoms with Crippen LogP contribution in [-0.2, 0) is 57.1 Å². The SMILES string of the molecule is CC(C)C(=O)CCOCCOCCOCCOCCOCCOCCOCCOCCCC(=O)CCN1C(=O)C=CC1=O. The maximum absolute atomic E-state index is 11.9. The fraction of sp³-hybridized carbons (Fsp3) is 0.800. The predicted molar refractivity (Wildman–Crippen MR) is 156 cm³/mol. The largest absolute Gasteiger partial charge is 0.379 e. The molecular weight excluding hydrogens is 566 g/mol. The molecule has 0 saturated heterocycles. The van der Waals surface area contributed by atoms with E-state index in [0.717, 1.165) is 4.90 Å². The van der Waals surface area contributed by atoms with Crippen molar-refractivity contribution in [3.63, 3.8) is 0 Å². The van der Waals surface area contributed by atoms with E-state index in [0.29, 0.717) is 125 Å². The summed E-state index contributed by atoms with van der Waals surface area (Å²) in [6, 6.07) is 0. The van der Waals surface area contributed by atoms with Gasteiger partial charge in [-0.1, -0.05) is 13.8 Å². The van der Waals surface area contributed by atoms with Gasteiger partial charge < -0.3 is 37.9 Å². The van der Waals surface area contributed by atoms with Crippen LogP contribution in [0.15, 0.2) is 12.2 Å². The molecule has 248 valence electrons. The number of amides is 2. The average Bonchev–Trinajstić information content (AvgIpc) is 3.31. The van der Waals surface area contributed by atoms with Gasteiger partial charge in [-0.15, -0.1) is 0 Å². The number of Topliss-reactive ketones (excluding diaryl/α,β-unsaturated/α-hetero) is 2. The number of imide groups is 1. The van der Waals surface area contributed by atoms with Gasteiger partial charge in [0.05, 0.1) is 99.1 Å². The van der Waals surface area contributed by atoms with Crippen LogP contribution in [0, 0.1) is 5.92 Å². The van der Waals surface area contributed by atoms with Crippen molar-refractivity contribution in [3.05, 3.63) is 12.2 Å². The van der Waals surface area contributed by atoms with Crippen molar-refractivity contribution in [3.8, 4) is 0 Å². The Morgan fingerprint density at radius 3 is 1.26 bits per heavy atom. The molecule has 2 amide bonds. The van der Waals surface area contributed by atoms with E-state index < -0.39 is 0 Å². The number of ether oxygens (including phenoxy) is 8. The minimum atomic E-state index is -0.369. The summed E-state index contributed by atoms with van der Waals surface area (Å²) in [7, 11) is 0. The number of hydrogen-bond acceptors (Lipinski definition) is 12. The molecule has 0 radical (unpaired) electrons. The zero-order valence-corrected chi connectivity index (χ0v) is 25.9. The van der Waals surface area contributed by atoms with Gasteiger partial charge in [0.25, 0.3) is 11.8 Å². The first-order valence-electron chi connectivity index (χ1n) is 15.1. The molecule has 0 bridgehead atoms. The summed E-state index contributed by atoms with van der Waals surface area (Å²) in [5.74, 6) is -0.480. The number of carbonyl (C=O) groups is 4. The van der Waals surface area contributed by atoms with E-state index in [1.165, 1.54) is 12.2 Å². The molecule has 0 N–H and O–H groups in total. The third-order valence-corrected chi connectivity index (χ3v) is 6.00. The maximum Gasteiger partial charge on any atom is 0.253 e. The first kappa shape index (κ1) is 38.9. The van der Waals surface area contributed by atoms with Crippen LogP contribution in [0.3, 0.4) is 0 Å². The standard InChI is InChI=1S/C30H51NO12/c1-26(2)28(33)8-11-37-13-15-39-17-19-41-21-23-43-25-24-42-22-20-40-18-16-38-14-12-36-10-3-4-27(32)7-9-31-29(34)5-6-30(31)35/h5-6,26H,3-4,7-25H2,1-2H3. The van der Waals surface area contributed by atoms with Gasteiger partial charge in [0.2, 0.25) is 0 Å². The van der Waals surface area contributed by atoms with Gasteiger partial charge in [-0.05, 0) is 6.42 Å². The fourth-order valence-corrected chi connectivity index (χ4v) is 3.49. The van der Waals surface area contributed by atoms with Gasteiger partial charge in [-0.25, -0.2) is 0 Å². The topological polar surface area (TPSA) is 145 Å². The molecule has 0 unspecified atom stereocenters. The molecule has 0 spiro atoms. The van der Waals surface area contributed by atoms with Crippen molar-refractivity contribution in [2.24, 2.45) is 5.92 Å². The van der Waals surface area contributed by atoms with E-state index in [2.05, 4.69) is 0 Å². The fourth-order valence-electron chi connectivity index (χ4n) is 3.49. The van der Waals surface area contributed by atoms with E-state index in [4.69, 9.17) is 37.9 Å². The molecule has 0 aromatic heterocycles.